The maximum absolute atomic E-state index is 13.2. The molecule has 1 saturated heterocycles. The number of hydrogen-bond acceptors (Lipinski definition) is 9. The Morgan fingerprint density at radius 2 is 2.05 bits per heavy atom. The molecule has 40 heavy (non-hydrogen) atoms. The van der Waals surface area contributed by atoms with Gasteiger partial charge in [-0.15, -0.1) is 5.10 Å². The Morgan fingerprint density at radius 3 is 2.83 bits per heavy atom. The summed E-state index contributed by atoms with van der Waals surface area (Å²) in [5.41, 5.74) is 0.992. The van der Waals surface area contributed by atoms with Crippen LogP contribution in [-0.4, -0.2) is 59.1 Å². The van der Waals surface area contributed by atoms with E-state index in [0.717, 1.165) is 25.7 Å². The van der Waals surface area contributed by atoms with Crippen LogP contribution < -0.4 is 15.7 Å². The van der Waals surface area contributed by atoms with Gasteiger partial charge in [0, 0.05) is 18.7 Å². The van der Waals surface area contributed by atoms with Gasteiger partial charge in [-0.1, -0.05) is 29.8 Å². The fraction of sp³-hybridized carbons (Fsp3) is 0.481. The van der Waals surface area contributed by atoms with Crippen LogP contribution in [0.25, 0.3) is 11.0 Å². The molecule has 2 atom stereocenters. The zero-order valence-corrected chi connectivity index (χ0v) is 22.5. The van der Waals surface area contributed by atoms with Crippen molar-refractivity contribution in [2.45, 2.75) is 70.4 Å². The monoisotopic (exact) mass is 548 g/mol. The number of nitrogens with one attached hydrogen (secondary N) is 1. The third-order valence-corrected chi connectivity index (χ3v) is 7.33. The van der Waals surface area contributed by atoms with E-state index in [0.29, 0.717) is 30.0 Å². The van der Waals surface area contributed by atoms with E-state index in [4.69, 9.17) is 14.3 Å². The second-order valence-electron chi connectivity index (χ2n) is 10.8. The van der Waals surface area contributed by atoms with Gasteiger partial charge in [0.25, 0.3) is 5.56 Å². The number of fused-ring (bicyclic) bond motifs is 1. The van der Waals surface area contributed by atoms with E-state index < -0.39 is 5.79 Å². The first kappa shape index (κ1) is 26.1. The van der Waals surface area contributed by atoms with Gasteiger partial charge in [-0.25, -0.2) is 4.68 Å². The predicted octanol–water partition coefficient (Wildman–Crippen LogP) is 2.94. The molecule has 1 saturated carbocycles. The highest BCUT2D eigenvalue weighted by molar-refractivity contribution is 5.90. The van der Waals surface area contributed by atoms with Crippen molar-refractivity contribution in [2.75, 3.05) is 11.9 Å². The minimum Gasteiger partial charge on any atom is -0.354 e. The highest BCUT2D eigenvalue weighted by atomic mass is 16.7. The van der Waals surface area contributed by atoms with Gasteiger partial charge in [0.05, 0.1) is 31.5 Å². The fourth-order valence-electron chi connectivity index (χ4n) is 5.49. The summed E-state index contributed by atoms with van der Waals surface area (Å²) in [5, 5.41) is 19.8. The molecule has 1 unspecified atom stereocenters. The van der Waals surface area contributed by atoms with Crippen molar-refractivity contribution >= 4 is 22.8 Å². The third-order valence-electron chi connectivity index (χ3n) is 7.33. The number of carbonyl (C=O) groups excluding carboxylic acids is 1. The van der Waals surface area contributed by atoms with Crippen LogP contribution in [0.1, 0.15) is 52.0 Å². The Kier molecular flexibility index (Phi) is 7.07. The Bertz CT molecular complexity index is 1550. The molecule has 1 amide bonds. The van der Waals surface area contributed by atoms with E-state index in [1.807, 2.05) is 38.1 Å². The zero-order valence-electron chi connectivity index (χ0n) is 22.5. The largest absolute Gasteiger partial charge is 0.354 e. The van der Waals surface area contributed by atoms with Crippen LogP contribution in [0, 0.1) is 5.92 Å². The van der Waals surface area contributed by atoms with Crippen molar-refractivity contribution < 1.29 is 19.1 Å². The molecule has 1 aliphatic heterocycles. The van der Waals surface area contributed by atoms with Crippen LogP contribution >= 0.6 is 0 Å². The molecule has 1 N–H and O–H groups in total. The summed E-state index contributed by atoms with van der Waals surface area (Å²) in [6, 6.07) is 10.1. The number of hydrogen-bond donors (Lipinski definition) is 1. The van der Waals surface area contributed by atoms with Crippen LogP contribution in [0.3, 0.4) is 0 Å². The molecule has 13 nitrogen and oxygen atoms in total. The van der Waals surface area contributed by atoms with Gasteiger partial charge in [-0.2, -0.15) is 10.2 Å². The van der Waals surface area contributed by atoms with Crippen molar-refractivity contribution in [3.8, 4) is 5.75 Å². The average Bonchev–Trinajstić information content (AvgIpc) is 3.73. The minimum atomic E-state index is -0.606. The molecular formula is C27H32N8O5. The molecule has 0 bridgehead atoms. The lowest BCUT2D eigenvalue weighted by Crippen LogP contribution is -2.33. The van der Waals surface area contributed by atoms with Gasteiger partial charge in [0.1, 0.15) is 17.1 Å². The van der Waals surface area contributed by atoms with Gasteiger partial charge in [0.15, 0.2) is 17.4 Å². The first-order valence-corrected chi connectivity index (χ1v) is 13.6. The second kappa shape index (κ2) is 10.8. The molecule has 1 aliphatic carbocycles. The lowest BCUT2D eigenvalue weighted by atomic mass is 9.95. The minimum absolute atomic E-state index is 0.103. The molecular weight excluding hydrogens is 516 g/mol. The second-order valence-corrected chi connectivity index (χ2v) is 10.8. The molecule has 3 aromatic heterocycles. The molecule has 2 fully saturated rings. The summed E-state index contributed by atoms with van der Waals surface area (Å²) in [4.78, 5) is 33.3. The predicted molar refractivity (Wildman–Crippen MR) is 143 cm³/mol. The van der Waals surface area contributed by atoms with Crippen LogP contribution in [-0.2, 0) is 20.8 Å². The number of ether oxygens (including phenoxy) is 2. The topological polar surface area (TPSA) is 140 Å². The van der Waals surface area contributed by atoms with E-state index in [9.17, 15) is 9.59 Å². The van der Waals surface area contributed by atoms with Crippen molar-refractivity contribution in [3.63, 3.8) is 0 Å². The van der Waals surface area contributed by atoms with E-state index in [1.54, 1.807) is 16.9 Å². The molecule has 2 aliphatic rings. The Morgan fingerprint density at radius 1 is 1.23 bits per heavy atom. The van der Waals surface area contributed by atoms with Crippen molar-refractivity contribution in [1.82, 2.24) is 34.7 Å². The van der Waals surface area contributed by atoms with E-state index in [2.05, 4.69) is 25.8 Å². The number of amides is 1. The normalized spacial score (nSPS) is 19.7. The van der Waals surface area contributed by atoms with Crippen LogP contribution in [0.4, 0.5) is 5.82 Å². The number of para-hydroxylation sites is 1. The standard InChI is InChI=1S/C27H32N8O5/c1-27(2)38-17-20(39-27)16-33-12-11-24(31-33)29-25(36)14-23(18-7-3-4-8-18)34-26(37)13-19(15-28-34)40-35-22-10-6-5-9-21(22)30-32-35/h5-6,9-13,15,18,20,23H,3-4,7-8,14,16-17H2,1-2H3,(H,29,31,36)/t20-,23?/m1/s1. The molecule has 4 aromatic rings. The smallest absolute Gasteiger partial charge is 0.270 e. The summed E-state index contributed by atoms with van der Waals surface area (Å²) in [6.07, 6.45) is 7.24. The Labute approximate surface area is 230 Å². The number of nitrogens with zero attached hydrogens (tertiary/aromatic N) is 7. The molecule has 1 aromatic carbocycles. The van der Waals surface area contributed by atoms with Gasteiger partial charge >= 0.3 is 0 Å². The Balaban J connectivity index is 1.13. The van der Waals surface area contributed by atoms with Gasteiger partial charge in [-0.05, 0) is 50.0 Å². The first-order chi connectivity index (χ1) is 19.3. The van der Waals surface area contributed by atoms with Gasteiger partial charge in [0.2, 0.25) is 5.91 Å². The quantitative estimate of drug-likeness (QED) is 0.334. The summed E-state index contributed by atoms with van der Waals surface area (Å²) in [5.74, 6) is 0.00879. The molecule has 13 heteroatoms. The highest BCUT2D eigenvalue weighted by Crippen LogP contribution is 2.35. The molecule has 6 rings (SSSR count). The van der Waals surface area contributed by atoms with E-state index in [-0.39, 0.29) is 41.7 Å². The SMILES string of the molecule is CC1(C)OC[C@@H](Cn2ccc(NC(=O)CC(C3CCCC3)n3ncc(On4nnc5ccccc54)cc3=O)n2)O1. The zero-order chi connectivity index (χ0) is 27.7. The number of aromatic nitrogens is 7. The van der Waals surface area contributed by atoms with Crippen molar-refractivity contribution in [2.24, 2.45) is 5.92 Å². The lowest BCUT2D eigenvalue weighted by Gasteiger charge is -2.24. The molecule has 0 spiro atoms. The number of benzene rings is 1. The van der Waals surface area contributed by atoms with Crippen molar-refractivity contribution in [1.29, 1.82) is 0 Å². The third kappa shape index (κ3) is 5.75. The Hall–Kier alpha value is -4.10. The first-order valence-electron chi connectivity index (χ1n) is 13.6. The molecule has 210 valence electrons. The van der Waals surface area contributed by atoms with E-state index >= 15 is 0 Å². The van der Waals surface area contributed by atoms with Crippen LogP contribution in [0.15, 0.2) is 53.6 Å². The summed E-state index contributed by atoms with van der Waals surface area (Å²) in [7, 11) is 0. The number of rotatable bonds is 9. The summed E-state index contributed by atoms with van der Waals surface area (Å²) >= 11 is 0. The number of anilines is 1. The lowest BCUT2D eigenvalue weighted by molar-refractivity contribution is -0.139. The van der Waals surface area contributed by atoms with Crippen molar-refractivity contribution in [3.05, 3.63) is 59.1 Å². The maximum atomic E-state index is 13.2. The maximum Gasteiger partial charge on any atom is 0.270 e. The van der Waals surface area contributed by atoms with Gasteiger partial charge < -0.3 is 19.6 Å². The highest BCUT2D eigenvalue weighted by Gasteiger charge is 2.33. The van der Waals surface area contributed by atoms with E-state index in [1.165, 1.54) is 21.8 Å². The fourth-order valence-corrected chi connectivity index (χ4v) is 5.49. The van der Waals surface area contributed by atoms with Crippen LogP contribution in [0.5, 0.6) is 5.75 Å². The number of carbonyl (C=O) groups is 1. The molecule has 0 radical (unpaired) electrons. The molecule has 4 heterocycles. The summed E-state index contributed by atoms with van der Waals surface area (Å²) < 4.78 is 14.6. The summed E-state index contributed by atoms with van der Waals surface area (Å²) in [6.45, 7) is 4.75. The van der Waals surface area contributed by atoms with Crippen LogP contribution in [0.2, 0.25) is 0 Å². The van der Waals surface area contributed by atoms with Gasteiger partial charge in [-0.3, -0.25) is 14.3 Å². The average molecular weight is 549 g/mol.